The van der Waals surface area contributed by atoms with E-state index < -0.39 is 16.7 Å². The summed E-state index contributed by atoms with van der Waals surface area (Å²) in [5, 5.41) is -0.438. The summed E-state index contributed by atoms with van der Waals surface area (Å²) in [5.74, 6) is -1.40. The maximum absolute atomic E-state index is 13.3. The summed E-state index contributed by atoms with van der Waals surface area (Å²) in [6.07, 6.45) is 1.13. The van der Waals surface area contributed by atoms with Crippen LogP contribution in [-0.4, -0.2) is 6.04 Å². The van der Waals surface area contributed by atoms with Gasteiger partial charge in [-0.15, -0.1) is 0 Å². The number of nitrogens with two attached hydrogens (primary N) is 1. The minimum atomic E-state index is -0.728. The number of benzene rings is 1. The lowest BCUT2D eigenvalue weighted by molar-refractivity contribution is 0.563. The van der Waals surface area contributed by atoms with Gasteiger partial charge in [-0.3, -0.25) is 0 Å². The fourth-order valence-corrected chi connectivity index (χ4v) is 1.33. The Morgan fingerprint density at radius 1 is 1.43 bits per heavy atom. The molecule has 0 aliphatic heterocycles. The highest BCUT2D eigenvalue weighted by molar-refractivity contribution is 6.30. The molecule has 78 valence electrons. The Labute approximate surface area is 86.9 Å². The zero-order chi connectivity index (χ0) is 10.7. The molecular weight excluding hydrogens is 208 g/mol. The number of hydrogen-bond donors (Lipinski definition) is 1. The van der Waals surface area contributed by atoms with Crippen molar-refractivity contribution in [2.45, 2.75) is 25.8 Å². The maximum Gasteiger partial charge on any atom is 0.147 e. The molecule has 1 nitrogen and oxygen atoms in total. The molecule has 4 heteroatoms. The van der Waals surface area contributed by atoms with Gasteiger partial charge in [-0.2, -0.15) is 0 Å². The first-order chi connectivity index (χ1) is 6.52. The van der Waals surface area contributed by atoms with E-state index in [4.69, 9.17) is 17.3 Å². The summed E-state index contributed by atoms with van der Waals surface area (Å²) in [6, 6.07) is 2.57. The van der Waals surface area contributed by atoms with Crippen molar-refractivity contribution in [1.29, 1.82) is 0 Å². The number of halogens is 3. The third-order valence-electron chi connectivity index (χ3n) is 1.98. The van der Waals surface area contributed by atoms with Crippen molar-refractivity contribution in [3.8, 4) is 0 Å². The third-order valence-corrected chi connectivity index (χ3v) is 2.33. The number of aryl methyl sites for hydroxylation is 1. The van der Waals surface area contributed by atoms with Gasteiger partial charge in [0, 0.05) is 6.04 Å². The van der Waals surface area contributed by atoms with Gasteiger partial charge in [0.1, 0.15) is 16.7 Å². The monoisotopic (exact) mass is 219 g/mol. The van der Waals surface area contributed by atoms with Crippen molar-refractivity contribution in [3.05, 3.63) is 34.4 Å². The first-order valence-corrected chi connectivity index (χ1v) is 4.78. The summed E-state index contributed by atoms with van der Waals surface area (Å²) in [5.41, 5.74) is 5.94. The summed E-state index contributed by atoms with van der Waals surface area (Å²) in [7, 11) is 0. The second-order valence-electron chi connectivity index (χ2n) is 3.35. The van der Waals surface area contributed by atoms with Gasteiger partial charge in [-0.05, 0) is 31.4 Å². The molecule has 0 radical (unpaired) electrons. The van der Waals surface area contributed by atoms with Crippen LogP contribution in [0.3, 0.4) is 0 Å². The Morgan fingerprint density at radius 2 is 2.07 bits per heavy atom. The van der Waals surface area contributed by atoms with E-state index in [1.54, 1.807) is 0 Å². The van der Waals surface area contributed by atoms with Gasteiger partial charge in [-0.25, -0.2) is 8.78 Å². The quantitative estimate of drug-likeness (QED) is 0.778. The molecular formula is C10H12ClF2N. The van der Waals surface area contributed by atoms with E-state index in [1.165, 1.54) is 12.1 Å². The Bertz CT molecular complexity index is 326. The van der Waals surface area contributed by atoms with E-state index in [0.717, 1.165) is 0 Å². The van der Waals surface area contributed by atoms with E-state index in [9.17, 15) is 8.78 Å². The maximum atomic E-state index is 13.3. The fourth-order valence-electron chi connectivity index (χ4n) is 1.14. The molecule has 0 bridgehead atoms. The van der Waals surface area contributed by atoms with Crippen LogP contribution < -0.4 is 5.73 Å². The average molecular weight is 220 g/mol. The smallest absolute Gasteiger partial charge is 0.147 e. The molecule has 0 aliphatic rings. The van der Waals surface area contributed by atoms with Gasteiger partial charge in [-0.1, -0.05) is 17.7 Å². The van der Waals surface area contributed by atoms with E-state index in [2.05, 4.69) is 0 Å². The van der Waals surface area contributed by atoms with Gasteiger partial charge < -0.3 is 5.73 Å². The lowest BCUT2D eigenvalue weighted by Crippen LogP contribution is -2.15. The van der Waals surface area contributed by atoms with Crippen LogP contribution in [-0.2, 0) is 6.42 Å². The van der Waals surface area contributed by atoms with Crippen molar-refractivity contribution in [3.63, 3.8) is 0 Å². The van der Waals surface area contributed by atoms with Crippen LogP contribution in [0.4, 0.5) is 8.78 Å². The molecule has 1 atom stereocenters. The summed E-state index contributed by atoms with van der Waals surface area (Å²) in [4.78, 5) is 0. The molecule has 0 amide bonds. The largest absolute Gasteiger partial charge is 0.328 e. The highest BCUT2D eigenvalue weighted by Crippen LogP contribution is 2.22. The molecule has 0 fully saturated rings. The summed E-state index contributed by atoms with van der Waals surface area (Å²) >= 11 is 5.42. The molecule has 0 unspecified atom stereocenters. The van der Waals surface area contributed by atoms with Gasteiger partial charge in [0.05, 0.1) is 0 Å². The molecule has 1 rings (SSSR count). The topological polar surface area (TPSA) is 26.0 Å². The van der Waals surface area contributed by atoms with Crippen molar-refractivity contribution in [2.24, 2.45) is 5.73 Å². The first-order valence-electron chi connectivity index (χ1n) is 4.40. The molecule has 1 aromatic rings. The Hall–Kier alpha value is -0.670. The number of rotatable bonds is 3. The minimum Gasteiger partial charge on any atom is -0.328 e. The second-order valence-corrected chi connectivity index (χ2v) is 3.73. The molecule has 1 aromatic carbocycles. The normalized spacial score (nSPS) is 12.9. The van der Waals surface area contributed by atoms with Crippen molar-refractivity contribution in [2.75, 3.05) is 0 Å². The molecule has 2 N–H and O–H groups in total. The first kappa shape index (κ1) is 11.4. The molecule has 0 spiro atoms. The third kappa shape index (κ3) is 2.66. The zero-order valence-electron chi connectivity index (χ0n) is 7.86. The predicted molar refractivity (Wildman–Crippen MR) is 53.3 cm³/mol. The highest BCUT2D eigenvalue weighted by Gasteiger charge is 2.11. The molecule has 0 aliphatic carbocycles. The van der Waals surface area contributed by atoms with E-state index in [1.807, 2.05) is 6.92 Å². The number of hydrogen-bond acceptors (Lipinski definition) is 1. The predicted octanol–water partition coefficient (Wildman–Crippen LogP) is 2.90. The highest BCUT2D eigenvalue weighted by atomic mass is 35.5. The zero-order valence-corrected chi connectivity index (χ0v) is 8.61. The van der Waals surface area contributed by atoms with Crippen molar-refractivity contribution in [1.82, 2.24) is 0 Å². The average Bonchev–Trinajstić information content (AvgIpc) is 2.13. The molecule has 0 saturated heterocycles. The van der Waals surface area contributed by atoms with Gasteiger partial charge in [0.15, 0.2) is 0 Å². The van der Waals surface area contributed by atoms with Crippen LogP contribution >= 0.6 is 11.6 Å². The SMILES string of the molecule is C[C@@H](N)CCc1ccc(F)c(Cl)c1F. The van der Waals surface area contributed by atoms with E-state index in [-0.39, 0.29) is 6.04 Å². The van der Waals surface area contributed by atoms with Gasteiger partial charge in [0.25, 0.3) is 0 Å². The molecule has 0 heterocycles. The van der Waals surface area contributed by atoms with Crippen molar-refractivity contribution < 1.29 is 8.78 Å². The van der Waals surface area contributed by atoms with Crippen LogP contribution in [0, 0.1) is 11.6 Å². The lowest BCUT2D eigenvalue weighted by Gasteiger charge is -2.07. The van der Waals surface area contributed by atoms with Crippen LogP contribution in [0.5, 0.6) is 0 Å². The Kier molecular flexibility index (Phi) is 3.84. The lowest BCUT2D eigenvalue weighted by atomic mass is 10.1. The van der Waals surface area contributed by atoms with Crippen LogP contribution in [0.2, 0.25) is 5.02 Å². The molecule has 0 saturated carbocycles. The minimum absolute atomic E-state index is 0.00164. The van der Waals surface area contributed by atoms with Gasteiger partial charge >= 0.3 is 0 Å². The molecule has 14 heavy (non-hydrogen) atoms. The summed E-state index contributed by atoms with van der Waals surface area (Å²) < 4.78 is 26.1. The second kappa shape index (κ2) is 4.71. The van der Waals surface area contributed by atoms with Crippen LogP contribution in [0.1, 0.15) is 18.9 Å². The standard InChI is InChI=1S/C10H12ClF2N/c1-6(14)2-3-7-4-5-8(12)9(11)10(7)13/h4-6H,2-3,14H2,1H3/t6-/m1/s1. The van der Waals surface area contributed by atoms with E-state index >= 15 is 0 Å². The van der Waals surface area contributed by atoms with Crippen molar-refractivity contribution >= 4 is 11.6 Å². The van der Waals surface area contributed by atoms with E-state index in [0.29, 0.717) is 18.4 Å². The van der Waals surface area contributed by atoms with Crippen LogP contribution in [0.25, 0.3) is 0 Å². The van der Waals surface area contributed by atoms with Gasteiger partial charge in [0.2, 0.25) is 0 Å². The van der Waals surface area contributed by atoms with Crippen LogP contribution in [0.15, 0.2) is 12.1 Å². The Balaban J connectivity index is 2.83. The fraction of sp³-hybridized carbons (Fsp3) is 0.400. The summed E-state index contributed by atoms with van der Waals surface area (Å²) in [6.45, 7) is 1.84. The Morgan fingerprint density at radius 3 is 2.64 bits per heavy atom. The molecule has 0 aromatic heterocycles.